The minimum absolute atomic E-state index is 0.141. The zero-order valence-electron chi connectivity index (χ0n) is 17.9. The van der Waals surface area contributed by atoms with Crippen LogP contribution in [0.3, 0.4) is 0 Å². The van der Waals surface area contributed by atoms with Crippen LogP contribution >= 0.6 is 11.3 Å². The van der Waals surface area contributed by atoms with E-state index in [0.29, 0.717) is 11.4 Å². The second-order valence-corrected chi connectivity index (χ2v) is 7.90. The van der Waals surface area contributed by atoms with Crippen LogP contribution in [0.25, 0.3) is 10.6 Å². The summed E-state index contributed by atoms with van der Waals surface area (Å²) in [5, 5.41) is 15.1. The van der Waals surface area contributed by atoms with Gasteiger partial charge in [-0.1, -0.05) is 11.3 Å². The number of hydrogen-bond donors (Lipinski definition) is 2. The molecule has 0 spiro atoms. The minimum atomic E-state index is -0.756. The van der Waals surface area contributed by atoms with E-state index in [1.165, 1.54) is 17.6 Å². The molecule has 0 aliphatic carbocycles. The lowest BCUT2D eigenvalue weighted by atomic mass is 10.2. The fourth-order valence-corrected chi connectivity index (χ4v) is 3.76. The highest BCUT2D eigenvalue weighted by Crippen LogP contribution is 2.32. The van der Waals surface area contributed by atoms with E-state index in [1.807, 2.05) is 48.3 Å². The number of rotatable bonds is 7. The molecule has 0 unspecified atom stereocenters. The number of nitrogens with one attached hydrogen (secondary N) is 2. The number of anilines is 3. The van der Waals surface area contributed by atoms with Crippen LogP contribution in [0.5, 0.6) is 5.75 Å². The number of methoxy groups -OCH3 is 1. The van der Waals surface area contributed by atoms with E-state index in [1.54, 1.807) is 31.4 Å². The van der Waals surface area contributed by atoms with Crippen LogP contribution in [0.4, 0.5) is 16.5 Å². The first kappa shape index (κ1) is 22.0. The summed E-state index contributed by atoms with van der Waals surface area (Å²) in [4.78, 5) is 26.0. The van der Waals surface area contributed by atoms with Gasteiger partial charge in [0.15, 0.2) is 0 Å². The van der Waals surface area contributed by atoms with Crippen LogP contribution in [0.1, 0.15) is 5.76 Å². The van der Waals surface area contributed by atoms with Gasteiger partial charge in [-0.25, -0.2) is 0 Å². The Labute approximate surface area is 194 Å². The molecule has 2 heterocycles. The predicted octanol–water partition coefficient (Wildman–Crippen LogP) is 3.83. The molecule has 168 valence electrons. The third kappa shape index (κ3) is 5.36. The van der Waals surface area contributed by atoms with E-state index in [4.69, 9.17) is 9.15 Å². The molecule has 4 aromatic rings. The van der Waals surface area contributed by atoms with Gasteiger partial charge in [-0.05, 0) is 60.7 Å². The summed E-state index contributed by atoms with van der Waals surface area (Å²) in [7, 11) is 3.55. The number of aromatic nitrogens is 2. The highest BCUT2D eigenvalue weighted by atomic mass is 32.1. The van der Waals surface area contributed by atoms with Gasteiger partial charge in [0, 0.05) is 24.0 Å². The summed E-state index contributed by atoms with van der Waals surface area (Å²) in [5.41, 5.74) is 2.31. The van der Waals surface area contributed by atoms with E-state index in [9.17, 15) is 9.59 Å². The van der Waals surface area contributed by atoms with Crippen molar-refractivity contribution in [2.75, 3.05) is 24.4 Å². The molecule has 9 nitrogen and oxygen atoms in total. The molecular formula is C23H21N5O4S. The summed E-state index contributed by atoms with van der Waals surface area (Å²) in [6, 6.07) is 18.1. The number of carbonyl (C=O) groups is 2. The van der Waals surface area contributed by atoms with Crippen molar-refractivity contribution in [3.63, 3.8) is 0 Å². The molecular weight excluding hydrogens is 442 g/mol. The molecule has 0 radical (unpaired) electrons. The van der Waals surface area contributed by atoms with Crippen molar-refractivity contribution < 1.29 is 18.7 Å². The topological polar surface area (TPSA) is 110 Å². The molecule has 2 N–H and O–H groups in total. The zero-order chi connectivity index (χ0) is 23.2. The van der Waals surface area contributed by atoms with Gasteiger partial charge >= 0.3 is 11.8 Å². The molecule has 33 heavy (non-hydrogen) atoms. The van der Waals surface area contributed by atoms with E-state index in [0.717, 1.165) is 27.1 Å². The Kier molecular flexibility index (Phi) is 6.65. The first-order chi connectivity index (χ1) is 16.0. The number of benzene rings is 2. The molecule has 2 aromatic carbocycles. The highest BCUT2D eigenvalue weighted by molar-refractivity contribution is 7.18. The van der Waals surface area contributed by atoms with Crippen LogP contribution in [-0.2, 0) is 16.1 Å². The Bertz CT molecular complexity index is 1220. The van der Waals surface area contributed by atoms with E-state index < -0.39 is 11.8 Å². The molecule has 0 saturated carbocycles. The van der Waals surface area contributed by atoms with E-state index in [2.05, 4.69) is 20.8 Å². The van der Waals surface area contributed by atoms with Gasteiger partial charge in [-0.3, -0.25) is 9.59 Å². The van der Waals surface area contributed by atoms with E-state index in [-0.39, 0.29) is 6.54 Å². The predicted molar refractivity (Wildman–Crippen MR) is 126 cm³/mol. The van der Waals surface area contributed by atoms with Crippen molar-refractivity contribution in [3.8, 4) is 16.3 Å². The highest BCUT2D eigenvalue weighted by Gasteiger charge is 2.15. The molecule has 2 amide bonds. The van der Waals surface area contributed by atoms with Crippen molar-refractivity contribution in [2.45, 2.75) is 6.54 Å². The van der Waals surface area contributed by atoms with Gasteiger partial charge < -0.3 is 24.7 Å². The number of furan rings is 1. The second kappa shape index (κ2) is 9.96. The third-order valence-electron chi connectivity index (χ3n) is 4.76. The Morgan fingerprint density at radius 2 is 1.79 bits per heavy atom. The molecule has 0 aliphatic rings. The van der Waals surface area contributed by atoms with Crippen LogP contribution in [0.15, 0.2) is 71.3 Å². The average molecular weight is 464 g/mol. The molecule has 0 aliphatic heterocycles. The first-order valence-electron chi connectivity index (χ1n) is 9.97. The van der Waals surface area contributed by atoms with Crippen LogP contribution < -0.4 is 20.3 Å². The number of carbonyl (C=O) groups excluding carboxylic acids is 2. The van der Waals surface area contributed by atoms with Crippen LogP contribution in [0, 0.1) is 0 Å². The SMILES string of the molecule is COc1ccc(N(C)c2nnc(-c3ccc(NC(=O)C(=O)NCc4ccco4)cc3)s2)cc1. The lowest BCUT2D eigenvalue weighted by Gasteiger charge is -2.15. The Morgan fingerprint density at radius 1 is 1.03 bits per heavy atom. The number of amides is 2. The maximum Gasteiger partial charge on any atom is 0.313 e. The van der Waals surface area contributed by atoms with Crippen molar-refractivity contribution in [3.05, 3.63) is 72.7 Å². The summed E-state index contributed by atoms with van der Waals surface area (Å²) in [6.07, 6.45) is 1.50. The van der Waals surface area contributed by atoms with Crippen LogP contribution in [0.2, 0.25) is 0 Å². The Balaban J connectivity index is 1.36. The maximum atomic E-state index is 12.1. The number of nitrogens with zero attached hydrogens (tertiary/aromatic N) is 3. The van der Waals surface area contributed by atoms with Gasteiger partial charge in [-0.15, -0.1) is 10.2 Å². The Hall–Kier alpha value is -4.18. The van der Waals surface area contributed by atoms with Gasteiger partial charge in [0.2, 0.25) is 5.13 Å². The van der Waals surface area contributed by atoms with Gasteiger partial charge in [0.25, 0.3) is 0 Å². The quantitative estimate of drug-likeness (QED) is 0.401. The normalized spacial score (nSPS) is 10.5. The largest absolute Gasteiger partial charge is 0.497 e. The molecule has 10 heteroatoms. The second-order valence-electron chi connectivity index (χ2n) is 6.94. The van der Waals surface area contributed by atoms with Gasteiger partial charge in [0.05, 0.1) is 19.9 Å². The monoisotopic (exact) mass is 463 g/mol. The van der Waals surface area contributed by atoms with Gasteiger partial charge in [-0.2, -0.15) is 0 Å². The summed E-state index contributed by atoms with van der Waals surface area (Å²) < 4.78 is 10.3. The van der Waals surface area contributed by atoms with Crippen molar-refractivity contribution in [1.82, 2.24) is 15.5 Å². The first-order valence-corrected chi connectivity index (χ1v) is 10.8. The van der Waals surface area contributed by atoms with Crippen molar-refractivity contribution in [2.24, 2.45) is 0 Å². The standard InChI is InChI=1S/C23H21N5O4S/c1-28(17-9-11-18(31-2)12-10-17)23-27-26-22(33-23)15-5-7-16(8-6-15)25-21(30)20(29)24-14-19-4-3-13-32-19/h3-13H,14H2,1-2H3,(H,24,29)(H,25,30). The number of ether oxygens (including phenoxy) is 1. The van der Waals surface area contributed by atoms with E-state index >= 15 is 0 Å². The fraction of sp³-hybridized carbons (Fsp3) is 0.130. The van der Waals surface area contributed by atoms with Crippen LogP contribution in [-0.4, -0.2) is 36.2 Å². The van der Waals surface area contributed by atoms with Gasteiger partial charge in [0.1, 0.15) is 16.5 Å². The Morgan fingerprint density at radius 3 is 2.45 bits per heavy atom. The molecule has 4 rings (SSSR count). The molecule has 2 aromatic heterocycles. The van der Waals surface area contributed by atoms with Crippen molar-refractivity contribution in [1.29, 1.82) is 0 Å². The summed E-state index contributed by atoms with van der Waals surface area (Å²) >= 11 is 1.44. The lowest BCUT2D eigenvalue weighted by Crippen LogP contribution is -2.34. The average Bonchev–Trinajstić information content (AvgIpc) is 3.55. The summed E-state index contributed by atoms with van der Waals surface area (Å²) in [6.45, 7) is 0.141. The summed E-state index contributed by atoms with van der Waals surface area (Å²) in [5.74, 6) is -0.152. The maximum absolute atomic E-state index is 12.1. The minimum Gasteiger partial charge on any atom is -0.497 e. The fourth-order valence-electron chi connectivity index (χ4n) is 2.93. The molecule has 0 atom stereocenters. The molecule has 0 bridgehead atoms. The third-order valence-corrected chi connectivity index (χ3v) is 5.81. The lowest BCUT2D eigenvalue weighted by molar-refractivity contribution is -0.136. The zero-order valence-corrected chi connectivity index (χ0v) is 18.8. The van der Waals surface area contributed by atoms with Crippen molar-refractivity contribution >= 4 is 39.7 Å². The smallest absolute Gasteiger partial charge is 0.313 e. The molecule has 0 fully saturated rings. The number of hydrogen-bond acceptors (Lipinski definition) is 8. The molecule has 0 saturated heterocycles.